The van der Waals surface area contributed by atoms with E-state index in [0.29, 0.717) is 6.54 Å². The highest BCUT2D eigenvalue weighted by molar-refractivity contribution is 4.83. The minimum Gasteiger partial charge on any atom is -0.390 e. The van der Waals surface area contributed by atoms with Gasteiger partial charge in [0.15, 0.2) is 0 Å². The van der Waals surface area contributed by atoms with Gasteiger partial charge < -0.3 is 16.2 Å². The third-order valence-corrected chi connectivity index (χ3v) is 2.14. The standard InChI is InChI=1S/C7H16N2O/c8-4-1-7(10)2-5-9-6-3-7/h9-10H,1-6,8H2. The lowest BCUT2D eigenvalue weighted by Crippen LogP contribution is -2.43. The van der Waals surface area contributed by atoms with Crippen LogP contribution >= 0.6 is 0 Å². The van der Waals surface area contributed by atoms with E-state index in [4.69, 9.17) is 5.73 Å². The first kappa shape index (κ1) is 7.98. The zero-order valence-electron chi connectivity index (χ0n) is 6.27. The molecule has 1 aliphatic heterocycles. The van der Waals surface area contributed by atoms with Crippen LogP contribution in [-0.4, -0.2) is 30.3 Å². The smallest absolute Gasteiger partial charge is 0.0684 e. The molecule has 0 spiro atoms. The van der Waals surface area contributed by atoms with Crippen molar-refractivity contribution in [3.8, 4) is 0 Å². The molecule has 0 saturated carbocycles. The second kappa shape index (κ2) is 3.32. The average Bonchev–Trinajstić information content (AvgIpc) is 1.89. The second-order valence-corrected chi connectivity index (χ2v) is 3.01. The van der Waals surface area contributed by atoms with Gasteiger partial charge in [-0.15, -0.1) is 0 Å². The van der Waals surface area contributed by atoms with Crippen molar-refractivity contribution in [3.05, 3.63) is 0 Å². The number of aliphatic hydroxyl groups is 1. The minimum atomic E-state index is -0.458. The van der Waals surface area contributed by atoms with E-state index in [9.17, 15) is 5.11 Å². The predicted molar refractivity (Wildman–Crippen MR) is 40.7 cm³/mol. The molecule has 0 bridgehead atoms. The summed E-state index contributed by atoms with van der Waals surface area (Å²) in [5.41, 5.74) is 4.91. The molecule has 4 N–H and O–H groups in total. The summed E-state index contributed by atoms with van der Waals surface area (Å²) in [6.07, 6.45) is 2.45. The Balaban J connectivity index is 2.32. The summed E-state index contributed by atoms with van der Waals surface area (Å²) in [4.78, 5) is 0. The molecule has 60 valence electrons. The number of piperidine rings is 1. The summed E-state index contributed by atoms with van der Waals surface area (Å²) in [6, 6.07) is 0. The average molecular weight is 144 g/mol. The summed E-state index contributed by atoms with van der Waals surface area (Å²) < 4.78 is 0. The van der Waals surface area contributed by atoms with Crippen LogP contribution in [0.4, 0.5) is 0 Å². The largest absolute Gasteiger partial charge is 0.390 e. The number of nitrogens with two attached hydrogens (primary N) is 1. The van der Waals surface area contributed by atoms with Crippen LogP contribution in [0.2, 0.25) is 0 Å². The van der Waals surface area contributed by atoms with Crippen LogP contribution in [0.15, 0.2) is 0 Å². The van der Waals surface area contributed by atoms with Gasteiger partial charge in [-0.2, -0.15) is 0 Å². The minimum absolute atomic E-state index is 0.458. The first-order chi connectivity index (χ1) is 4.77. The number of hydrogen-bond donors (Lipinski definition) is 3. The Hall–Kier alpha value is -0.120. The maximum Gasteiger partial charge on any atom is 0.0684 e. The van der Waals surface area contributed by atoms with Crippen molar-refractivity contribution in [1.29, 1.82) is 0 Å². The van der Waals surface area contributed by atoms with Crippen molar-refractivity contribution in [3.63, 3.8) is 0 Å². The molecule has 0 aromatic rings. The fraction of sp³-hybridized carbons (Fsp3) is 1.00. The van der Waals surface area contributed by atoms with Gasteiger partial charge in [0, 0.05) is 0 Å². The molecule has 0 unspecified atom stereocenters. The normalized spacial score (nSPS) is 24.6. The van der Waals surface area contributed by atoms with E-state index in [1.165, 1.54) is 0 Å². The van der Waals surface area contributed by atoms with Crippen molar-refractivity contribution in [2.75, 3.05) is 19.6 Å². The fourth-order valence-corrected chi connectivity index (χ4v) is 1.41. The molecule has 1 aliphatic rings. The molecular weight excluding hydrogens is 128 g/mol. The van der Waals surface area contributed by atoms with Gasteiger partial charge in [-0.05, 0) is 38.9 Å². The first-order valence-corrected chi connectivity index (χ1v) is 3.90. The van der Waals surface area contributed by atoms with E-state index in [2.05, 4.69) is 5.32 Å². The number of nitrogens with one attached hydrogen (secondary N) is 1. The van der Waals surface area contributed by atoms with E-state index in [-0.39, 0.29) is 0 Å². The molecular formula is C7H16N2O. The van der Waals surface area contributed by atoms with E-state index in [1.807, 2.05) is 0 Å². The molecule has 0 aliphatic carbocycles. The lowest BCUT2D eigenvalue weighted by molar-refractivity contribution is 0.00485. The topological polar surface area (TPSA) is 58.3 Å². The number of rotatable bonds is 2. The van der Waals surface area contributed by atoms with Gasteiger partial charge in [0.1, 0.15) is 0 Å². The summed E-state index contributed by atoms with van der Waals surface area (Å²) >= 11 is 0. The van der Waals surface area contributed by atoms with Gasteiger partial charge in [0.2, 0.25) is 0 Å². The van der Waals surface area contributed by atoms with Gasteiger partial charge in [-0.3, -0.25) is 0 Å². The van der Waals surface area contributed by atoms with Crippen molar-refractivity contribution in [2.24, 2.45) is 5.73 Å². The molecule has 0 aromatic heterocycles. The Morgan fingerprint density at radius 3 is 2.50 bits per heavy atom. The van der Waals surface area contributed by atoms with Gasteiger partial charge >= 0.3 is 0 Å². The molecule has 3 nitrogen and oxygen atoms in total. The van der Waals surface area contributed by atoms with E-state index in [1.54, 1.807) is 0 Å². The molecule has 1 rings (SSSR count). The van der Waals surface area contributed by atoms with Crippen LogP contribution in [0.3, 0.4) is 0 Å². The Bertz CT molecular complexity index is 94.3. The molecule has 0 atom stereocenters. The third kappa shape index (κ3) is 1.94. The Morgan fingerprint density at radius 1 is 1.40 bits per heavy atom. The molecule has 1 fully saturated rings. The van der Waals surface area contributed by atoms with Crippen LogP contribution in [-0.2, 0) is 0 Å². The van der Waals surface area contributed by atoms with Gasteiger partial charge in [0.05, 0.1) is 5.60 Å². The lowest BCUT2D eigenvalue weighted by Gasteiger charge is -2.32. The molecule has 3 heteroatoms. The summed E-state index contributed by atoms with van der Waals surface area (Å²) in [6.45, 7) is 2.45. The van der Waals surface area contributed by atoms with E-state index >= 15 is 0 Å². The second-order valence-electron chi connectivity index (χ2n) is 3.01. The van der Waals surface area contributed by atoms with Crippen molar-refractivity contribution < 1.29 is 5.11 Å². The van der Waals surface area contributed by atoms with Crippen molar-refractivity contribution >= 4 is 0 Å². The van der Waals surface area contributed by atoms with E-state index in [0.717, 1.165) is 32.4 Å². The SMILES string of the molecule is NCCC1(O)CCNCC1. The number of hydrogen-bond acceptors (Lipinski definition) is 3. The third-order valence-electron chi connectivity index (χ3n) is 2.14. The predicted octanol–water partition coefficient (Wildman–Crippen LogP) is -0.550. The highest BCUT2D eigenvalue weighted by Crippen LogP contribution is 2.20. The summed E-state index contributed by atoms with van der Waals surface area (Å²) in [5, 5.41) is 12.9. The Morgan fingerprint density at radius 2 is 2.00 bits per heavy atom. The molecule has 1 saturated heterocycles. The Kier molecular flexibility index (Phi) is 2.65. The highest BCUT2D eigenvalue weighted by Gasteiger charge is 2.27. The lowest BCUT2D eigenvalue weighted by atomic mass is 9.89. The summed E-state index contributed by atoms with van der Waals surface area (Å²) in [5.74, 6) is 0. The van der Waals surface area contributed by atoms with Crippen LogP contribution in [0.1, 0.15) is 19.3 Å². The van der Waals surface area contributed by atoms with Gasteiger partial charge in [-0.1, -0.05) is 0 Å². The molecule has 0 aromatic carbocycles. The zero-order chi connectivity index (χ0) is 7.45. The first-order valence-electron chi connectivity index (χ1n) is 3.90. The van der Waals surface area contributed by atoms with Crippen molar-refractivity contribution in [2.45, 2.75) is 24.9 Å². The fourth-order valence-electron chi connectivity index (χ4n) is 1.41. The maximum atomic E-state index is 9.75. The van der Waals surface area contributed by atoms with Gasteiger partial charge in [-0.25, -0.2) is 0 Å². The molecule has 0 amide bonds. The Labute approximate surface area is 61.6 Å². The molecule has 0 radical (unpaired) electrons. The van der Waals surface area contributed by atoms with Crippen LogP contribution in [0.25, 0.3) is 0 Å². The molecule has 1 heterocycles. The summed E-state index contributed by atoms with van der Waals surface area (Å²) in [7, 11) is 0. The van der Waals surface area contributed by atoms with Crippen LogP contribution < -0.4 is 11.1 Å². The highest BCUT2D eigenvalue weighted by atomic mass is 16.3. The van der Waals surface area contributed by atoms with Crippen LogP contribution in [0.5, 0.6) is 0 Å². The van der Waals surface area contributed by atoms with Gasteiger partial charge in [0.25, 0.3) is 0 Å². The zero-order valence-corrected chi connectivity index (χ0v) is 6.27. The molecule has 10 heavy (non-hydrogen) atoms. The van der Waals surface area contributed by atoms with Crippen molar-refractivity contribution in [1.82, 2.24) is 5.32 Å². The monoisotopic (exact) mass is 144 g/mol. The van der Waals surface area contributed by atoms with Crippen LogP contribution in [0, 0.1) is 0 Å². The quantitative estimate of drug-likeness (QED) is 0.487. The van der Waals surface area contributed by atoms with E-state index < -0.39 is 5.60 Å². The maximum absolute atomic E-state index is 9.75.